The van der Waals surface area contributed by atoms with Gasteiger partial charge in [0.1, 0.15) is 12.5 Å². The summed E-state index contributed by atoms with van der Waals surface area (Å²) in [6.45, 7) is 4.46. The summed E-state index contributed by atoms with van der Waals surface area (Å²) in [5, 5.41) is 0. The SMILES string of the molecule is Cc1ccc(N2CC[C@@H](C(=O)NNC(=O)[C@H]3COc4ccccc4O3)C2=O)cc1C. The maximum atomic E-state index is 12.7. The Balaban J connectivity index is 1.33. The molecule has 8 nitrogen and oxygen atoms in total. The van der Waals surface area contributed by atoms with Gasteiger partial charge in [0.05, 0.1) is 0 Å². The van der Waals surface area contributed by atoms with E-state index in [9.17, 15) is 14.4 Å². The molecule has 0 unspecified atom stereocenters. The van der Waals surface area contributed by atoms with Gasteiger partial charge in [0.25, 0.3) is 11.8 Å². The molecule has 2 aliphatic heterocycles. The smallest absolute Gasteiger partial charge is 0.283 e. The van der Waals surface area contributed by atoms with Gasteiger partial charge in [-0.3, -0.25) is 25.2 Å². The monoisotopic (exact) mass is 409 g/mol. The Kier molecular flexibility index (Phi) is 5.31. The molecule has 2 aliphatic rings. The molecule has 2 aromatic carbocycles. The highest BCUT2D eigenvalue weighted by Gasteiger charge is 2.38. The average Bonchev–Trinajstić information content (AvgIpc) is 3.14. The van der Waals surface area contributed by atoms with Crippen LogP contribution in [0.1, 0.15) is 17.5 Å². The van der Waals surface area contributed by atoms with Gasteiger partial charge in [0.15, 0.2) is 11.5 Å². The number of hydrogen-bond donors (Lipinski definition) is 2. The number of carbonyl (C=O) groups excluding carboxylic acids is 3. The van der Waals surface area contributed by atoms with Crippen LogP contribution in [0.25, 0.3) is 0 Å². The van der Waals surface area contributed by atoms with E-state index in [4.69, 9.17) is 9.47 Å². The normalized spacial score (nSPS) is 20.1. The van der Waals surface area contributed by atoms with Gasteiger partial charge >= 0.3 is 0 Å². The number of rotatable bonds is 3. The Hall–Kier alpha value is -3.55. The highest BCUT2D eigenvalue weighted by molar-refractivity contribution is 6.09. The fourth-order valence-corrected chi connectivity index (χ4v) is 3.51. The van der Waals surface area contributed by atoms with Crippen LogP contribution in [-0.4, -0.2) is 37.0 Å². The number of para-hydroxylation sites is 2. The van der Waals surface area contributed by atoms with E-state index in [0.29, 0.717) is 24.5 Å². The molecule has 8 heteroatoms. The second-order valence-electron chi connectivity index (χ2n) is 7.44. The molecule has 4 rings (SSSR count). The van der Waals surface area contributed by atoms with Gasteiger partial charge < -0.3 is 14.4 Å². The van der Waals surface area contributed by atoms with E-state index >= 15 is 0 Å². The zero-order valence-corrected chi connectivity index (χ0v) is 16.8. The molecule has 2 N–H and O–H groups in total. The number of fused-ring (bicyclic) bond motifs is 1. The first-order chi connectivity index (χ1) is 14.4. The van der Waals surface area contributed by atoms with Crippen LogP contribution in [0.15, 0.2) is 42.5 Å². The van der Waals surface area contributed by atoms with Crippen molar-refractivity contribution < 1.29 is 23.9 Å². The van der Waals surface area contributed by atoms with Crippen molar-refractivity contribution >= 4 is 23.4 Å². The molecule has 2 atom stereocenters. The number of hydrazine groups is 1. The van der Waals surface area contributed by atoms with Crippen molar-refractivity contribution in [2.75, 3.05) is 18.1 Å². The molecule has 2 heterocycles. The number of nitrogens with zero attached hydrogens (tertiary/aromatic N) is 1. The molecule has 0 aliphatic carbocycles. The second-order valence-corrected chi connectivity index (χ2v) is 7.44. The summed E-state index contributed by atoms with van der Waals surface area (Å²) < 4.78 is 11.1. The van der Waals surface area contributed by atoms with Crippen molar-refractivity contribution in [1.82, 2.24) is 10.9 Å². The Labute approximate surface area is 174 Å². The lowest BCUT2D eigenvalue weighted by Gasteiger charge is -2.25. The van der Waals surface area contributed by atoms with E-state index in [2.05, 4.69) is 10.9 Å². The highest BCUT2D eigenvalue weighted by atomic mass is 16.6. The van der Waals surface area contributed by atoms with Gasteiger partial charge in [-0.15, -0.1) is 0 Å². The number of nitrogens with one attached hydrogen (secondary N) is 2. The van der Waals surface area contributed by atoms with E-state index in [-0.39, 0.29) is 12.5 Å². The first-order valence-electron chi connectivity index (χ1n) is 9.81. The third kappa shape index (κ3) is 3.80. The lowest BCUT2D eigenvalue weighted by molar-refractivity contribution is -0.138. The molecule has 30 heavy (non-hydrogen) atoms. The summed E-state index contributed by atoms with van der Waals surface area (Å²) in [6.07, 6.45) is -0.518. The van der Waals surface area contributed by atoms with Crippen molar-refractivity contribution in [2.24, 2.45) is 5.92 Å². The van der Waals surface area contributed by atoms with Crippen LogP contribution in [0.2, 0.25) is 0 Å². The summed E-state index contributed by atoms with van der Waals surface area (Å²) in [6, 6.07) is 12.8. The minimum Gasteiger partial charge on any atom is -0.485 e. The van der Waals surface area contributed by atoms with Gasteiger partial charge in [0, 0.05) is 12.2 Å². The largest absolute Gasteiger partial charge is 0.485 e. The van der Waals surface area contributed by atoms with Crippen molar-refractivity contribution in [1.29, 1.82) is 0 Å². The standard InChI is InChI=1S/C22H23N3O5/c1-13-7-8-15(11-14(13)2)25-10-9-16(22(25)28)20(26)23-24-21(27)19-12-29-17-5-3-4-6-18(17)30-19/h3-8,11,16,19H,9-10,12H2,1-2H3,(H,23,26)(H,24,27)/t16-,19+/m0/s1. The van der Waals surface area contributed by atoms with Gasteiger partial charge in [-0.2, -0.15) is 0 Å². The Morgan fingerprint density at radius 3 is 2.50 bits per heavy atom. The summed E-state index contributed by atoms with van der Waals surface area (Å²) in [4.78, 5) is 39.2. The van der Waals surface area contributed by atoms with Crippen LogP contribution in [-0.2, 0) is 14.4 Å². The number of aryl methyl sites for hydroxylation is 2. The van der Waals surface area contributed by atoms with E-state index in [1.807, 2.05) is 38.1 Å². The minimum absolute atomic E-state index is 0.0294. The molecule has 1 saturated heterocycles. The number of anilines is 1. The molecule has 0 radical (unpaired) electrons. The van der Waals surface area contributed by atoms with Gasteiger partial charge in [0.2, 0.25) is 12.0 Å². The minimum atomic E-state index is -0.897. The number of ether oxygens (including phenoxy) is 2. The van der Waals surface area contributed by atoms with Crippen LogP contribution in [0.3, 0.4) is 0 Å². The predicted octanol–water partition coefficient (Wildman–Crippen LogP) is 1.64. The number of hydrogen-bond acceptors (Lipinski definition) is 5. The second kappa shape index (κ2) is 8.06. The van der Waals surface area contributed by atoms with Crippen LogP contribution in [0, 0.1) is 19.8 Å². The molecule has 156 valence electrons. The quantitative estimate of drug-likeness (QED) is 0.594. The summed E-state index contributed by atoms with van der Waals surface area (Å²) >= 11 is 0. The third-order valence-corrected chi connectivity index (χ3v) is 5.43. The molecule has 2 aromatic rings. The maximum Gasteiger partial charge on any atom is 0.283 e. The van der Waals surface area contributed by atoms with E-state index in [1.54, 1.807) is 23.1 Å². The molecule has 0 spiro atoms. The van der Waals surface area contributed by atoms with Crippen molar-refractivity contribution in [3.8, 4) is 11.5 Å². The predicted molar refractivity (Wildman–Crippen MR) is 109 cm³/mol. The molecular formula is C22H23N3O5. The highest BCUT2D eigenvalue weighted by Crippen LogP contribution is 2.31. The molecular weight excluding hydrogens is 386 g/mol. The Morgan fingerprint density at radius 2 is 1.73 bits per heavy atom. The van der Waals surface area contributed by atoms with Gasteiger partial charge in [-0.05, 0) is 55.7 Å². The molecule has 0 bridgehead atoms. The Bertz CT molecular complexity index is 1010. The zero-order chi connectivity index (χ0) is 21.3. The van der Waals surface area contributed by atoms with Crippen LogP contribution in [0.4, 0.5) is 5.69 Å². The summed E-state index contributed by atoms with van der Waals surface area (Å²) in [5.74, 6) is -1.20. The van der Waals surface area contributed by atoms with Crippen molar-refractivity contribution in [3.05, 3.63) is 53.6 Å². The number of amides is 3. The van der Waals surface area contributed by atoms with E-state index < -0.39 is 23.8 Å². The van der Waals surface area contributed by atoms with Crippen LogP contribution in [0.5, 0.6) is 11.5 Å². The lowest BCUT2D eigenvalue weighted by Crippen LogP contribution is -2.52. The average molecular weight is 409 g/mol. The zero-order valence-electron chi connectivity index (χ0n) is 16.8. The fraction of sp³-hybridized carbons (Fsp3) is 0.318. The van der Waals surface area contributed by atoms with Gasteiger partial charge in [-0.25, -0.2) is 0 Å². The number of benzene rings is 2. The molecule has 0 saturated carbocycles. The lowest BCUT2D eigenvalue weighted by atomic mass is 10.1. The first kappa shape index (κ1) is 19.8. The number of carbonyl (C=O) groups is 3. The van der Waals surface area contributed by atoms with E-state index in [0.717, 1.165) is 16.8 Å². The van der Waals surface area contributed by atoms with Crippen molar-refractivity contribution in [3.63, 3.8) is 0 Å². The van der Waals surface area contributed by atoms with E-state index in [1.165, 1.54) is 0 Å². The third-order valence-electron chi connectivity index (χ3n) is 5.43. The maximum absolute atomic E-state index is 12.7. The van der Waals surface area contributed by atoms with Crippen LogP contribution >= 0.6 is 0 Å². The molecule has 0 aromatic heterocycles. The molecule has 1 fully saturated rings. The Morgan fingerprint density at radius 1 is 1.00 bits per heavy atom. The van der Waals surface area contributed by atoms with Crippen molar-refractivity contribution in [2.45, 2.75) is 26.4 Å². The molecule has 3 amide bonds. The fourth-order valence-electron chi connectivity index (χ4n) is 3.51. The topological polar surface area (TPSA) is 97.0 Å². The van der Waals surface area contributed by atoms with Crippen LogP contribution < -0.4 is 25.2 Å². The summed E-state index contributed by atoms with van der Waals surface area (Å²) in [5.41, 5.74) is 7.67. The van der Waals surface area contributed by atoms with Gasteiger partial charge in [-0.1, -0.05) is 18.2 Å². The summed E-state index contributed by atoms with van der Waals surface area (Å²) in [7, 11) is 0. The first-order valence-corrected chi connectivity index (χ1v) is 9.81.